The number of hydrogen-bond acceptors (Lipinski definition) is 2. The van der Waals surface area contributed by atoms with Crippen LogP contribution in [0.1, 0.15) is 13.8 Å². The second-order valence-electron chi connectivity index (χ2n) is 3.22. The average Bonchev–Trinajstić information content (AvgIpc) is 1.95. The van der Waals surface area contributed by atoms with Crippen molar-refractivity contribution in [1.29, 1.82) is 0 Å². The van der Waals surface area contributed by atoms with Crippen molar-refractivity contribution in [3.05, 3.63) is 0 Å². The van der Waals surface area contributed by atoms with Crippen molar-refractivity contribution in [3.8, 4) is 0 Å². The van der Waals surface area contributed by atoms with E-state index in [1.807, 2.05) is 0 Å². The van der Waals surface area contributed by atoms with E-state index in [1.165, 1.54) is 26.2 Å². The van der Waals surface area contributed by atoms with Gasteiger partial charge in [0.15, 0.2) is 0 Å². The Morgan fingerprint density at radius 1 is 1.40 bits per heavy atom. The second-order valence-corrected chi connectivity index (χ2v) is 3.22. The van der Waals surface area contributed by atoms with Crippen LogP contribution in [0, 0.1) is 0 Å². The van der Waals surface area contributed by atoms with Crippen LogP contribution in [0.5, 0.6) is 0 Å². The molecule has 0 aromatic carbocycles. The van der Waals surface area contributed by atoms with E-state index in [0.717, 1.165) is 6.04 Å². The van der Waals surface area contributed by atoms with Crippen molar-refractivity contribution >= 4 is 0 Å². The van der Waals surface area contributed by atoms with Gasteiger partial charge < -0.3 is 9.80 Å². The highest BCUT2D eigenvalue weighted by Crippen LogP contribution is 2.05. The summed E-state index contributed by atoms with van der Waals surface area (Å²) in [6, 6.07) is 0.744. The molecular formula is C8H18N2. The zero-order valence-electron chi connectivity index (χ0n) is 7.30. The van der Waals surface area contributed by atoms with E-state index in [4.69, 9.17) is 0 Å². The smallest absolute Gasteiger partial charge is 0.0192 e. The first-order valence-electron chi connectivity index (χ1n) is 4.16. The summed E-state index contributed by atoms with van der Waals surface area (Å²) in [6.45, 7) is 9.46. The highest BCUT2D eigenvalue weighted by molar-refractivity contribution is 4.75. The average molecular weight is 142 g/mol. The lowest BCUT2D eigenvalue weighted by molar-refractivity contribution is 0.110. The van der Waals surface area contributed by atoms with Gasteiger partial charge in [-0.25, -0.2) is 0 Å². The summed E-state index contributed by atoms with van der Waals surface area (Å²) in [4.78, 5) is 4.93. The standard InChI is InChI=1S/C8H18N2/c1-4-10-6-5-9(3)8(2)7-10/h8H,4-7H2,1-3H3/t8-/m0/s1. The molecule has 1 atom stereocenters. The van der Waals surface area contributed by atoms with E-state index >= 15 is 0 Å². The minimum atomic E-state index is 0.744. The van der Waals surface area contributed by atoms with Crippen LogP contribution in [0.3, 0.4) is 0 Å². The Morgan fingerprint density at radius 2 is 2.10 bits per heavy atom. The normalized spacial score (nSPS) is 30.9. The van der Waals surface area contributed by atoms with Gasteiger partial charge in [-0.2, -0.15) is 0 Å². The second kappa shape index (κ2) is 3.35. The Labute approximate surface area is 63.8 Å². The predicted octanol–water partition coefficient (Wildman–Crippen LogP) is 0.642. The van der Waals surface area contributed by atoms with Crippen LogP contribution in [0.15, 0.2) is 0 Å². The van der Waals surface area contributed by atoms with Crippen LogP contribution in [-0.2, 0) is 0 Å². The minimum absolute atomic E-state index is 0.744. The molecule has 0 aromatic rings. The third-order valence-corrected chi connectivity index (χ3v) is 2.49. The highest BCUT2D eigenvalue weighted by Gasteiger charge is 2.18. The fourth-order valence-corrected chi connectivity index (χ4v) is 1.41. The molecule has 1 saturated heterocycles. The molecule has 0 spiro atoms. The zero-order chi connectivity index (χ0) is 7.56. The maximum Gasteiger partial charge on any atom is 0.0192 e. The Kier molecular flexibility index (Phi) is 2.69. The molecule has 0 saturated carbocycles. The molecular weight excluding hydrogens is 124 g/mol. The molecule has 0 amide bonds. The molecule has 0 aliphatic carbocycles. The molecule has 0 unspecified atom stereocenters. The third-order valence-electron chi connectivity index (χ3n) is 2.49. The molecule has 1 aliphatic rings. The van der Waals surface area contributed by atoms with Gasteiger partial charge in [0.05, 0.1) is 0 Å². The Balaban J connectivity index is 2.33. The van der Waals surface area contributed by atoms with Gasteiger partial charge in [-0.05, 0) is 20.5 Å². The Hall–Kier alpha value is -0.0800. The quantitative estimate of drug-likeness (QED) is 0.530. The molecule has 60 valence electrons. The first-order chi connectivity index (χ1) is 4.74. The molecule has 1 heterocycles. The topological polar surface area (TPSA) is 6.48 Å². The number of rotatable bonds is 1. The van der Waals surface area contributed by atoms with Crippen molar-refractivity contribution in [2.75, 3.05) is 33.2 Å². The van der Waals surface area contributed by atoms with E-state index < -0.39 is 0 Å². The van der Waals surface area contributed by atoms with E-state index in [0.29, 0.717) is 0 Å². The first kappa shape index (κ1) is 8.02. The molecule has 1 rings (SSSR count). The van der Waals surface area contributed by atoms with Crippen LogP contribution in [-0.4, -0.2) is 49.1 Å². The van der Waals surface area contributed by atoms with Gasteiger partial charge in [-0.3, -0.25) is 0 Å². The molecule has 0 aromatic heterocycles. The summed E-state index contributed by atoms with van der Waals surface area (Å²) in [5.74, 6) is 0. The van der Waals surface area contributed by atoms with Crippen molar-refractivity contribution in [2.24, 2.45) is 0 Å². The Morgan fingerprint density at radius 3 is 2.60 bits per heavy atom. The molecule has 2 nitrogen and oxygen atoms in total. The fourth-order valence-electron chi connectivity index (χ4n) is 1.41. The SMILES string of the molecule is CCN1CCN(C)[C@@H](C)C1. The highest BCUT2D eigenvalue weighted by atomic mass is 15.3. The third kappa shape index (κ3) is 1.70. The maximum atomic E-state index is 2.50. The molecule has 0 radical (unpaired) electrons. The molecule has 1 fully saturated rings. The number of piperazine rings is 1. The summed E-state index contributed by atoms with van der Waals surface area (Å²) < 4.78 is 0. The van der Waals surface area contributed by atoms with Gasteiger partial charge in [0, 0.05) is 25.7 Å². The largest absolute Gasteiger partial charge is 0.301 e. The van der Waals surface area contributed by atoms with Gasteiger partial charge in [0.25, 0.3) is 0 Å². The summed E-state index contributed by atoms with van der Waals surface area (Å²) in [6.07, 6.45) is 0. The van der Waals surface area contributed by atoms with E-state index in [-0.39, 0.29) is 0 Å². The van der Waals surface area contributed by atoms with Crippen molar-refractivity contribution in [1.82, 2.24) is 9.80 Å². The van der Waals surface area contributed by atoms with Gasteiger partial charge in [-0.15, -0.1) is 0 Å². The van der Waals surface area contributed by atoms with Gasteiger partial charge >= 0.3 is 0 Å². The van der Waals surface area contributed by atoms with Crippen LogP contribution in [0.2, 0.25) is 0 Å². The molecule has 1 aliphatic heterocycles. The maximum absolute atomic E-state index is 2.50. The Bertz CT molecular complexity index is 103. The zero-order valence-corrected chi connectivity index (χ0v) is 7.30. The van der Waals surface area contributed by atoms with E-state index in [1.54, 1.807) is 0 Å². The lowest BCUT2D eigenvalue weighted by Crippen LogP contribution is -2.49. The van der Waals surface area contributed by atoms with Crippen molar-refractivity contribution in [3.63, 3.8) is 0 Å². The number of likely N-dealkylation sites (N-methyl/N-ethyl adjacent to an activating group) is 2. The number of nitrogens with zero attached hydrogens (tertiary/aromatic N) is 2. The van der Waals surface area contributed by atoms with Crippen LogP contribution < -0.4 is 0 Å². The fraction of sp³-hybridized carbons (Fsp3) is 1.00. The van der Waals surface area contributed by atoms with E-state index in [9.17, 15) is 0 Å². The van der Waals surface area contributed by atoms with Crippen molar-refractivity contribution in [2.45, 2.75) is 19.9 Å². The summed E-state index contributed by atoms with van der Waals surface area (Å²) in [5.41, 5.74) is 0. The van der Waals surface area contributed by atoms with Crippen LogP contribution >= 0.6 is 0 Å². The van der Waals surface area contributed by atoms with Crippen LogP contribution in [0.25, 0.3) is 0 Å². The van der Waals surface area contributed by atoms with Crippen LogP contribution in [0.4, 0.5) is 0 Å². The molecule has 0 bridgehead atoms. The monoisotopic (exact) mass is 142 g/mol. The van der Waals surface area contributed by atoms with Gasteiger partial charge in [-0.1, -0.05) is 6.92 Å². The summed E-state index contributed by atoms with van der Waals surface area (Å²) in [7, 11) is 2.21. The lowest BCUT2D eigenvalue weighted by Gasteiger charge is -2.37. The molecule has 0 N–H and O–H groups in total. The number of hydrogen-bond donors (Lipinski definition) is 0. The first-order valence-corrected chi connectivity index (χ1v) is 4.16. The molecule has 2 heteroatoms. The summed E-state index contributed by atoms with van der Waals surface area (Å²) in [5, 5.41) is 0. The minimum Gasteiger partial charge on any atom is -0.301 e. The van der Waals surface area contributed by atoms with Crippen molar-refractivity contribution < 1.29 is 0 Å². The lowest BCUT2D eigenvalue weighted by atomic mass is 10.2. The predicted molar refractivity (Wildman–Crippen MR) is 44.2 cm³/mol. The summed E-state index contributed by atoms with van der Waals surface area (Å²) >= 11 is 0. The molecule has 10 heavy (non-hydrogen) atoms. The van der Waals surface area contributed by atoms with E-state index in [2.05, 4.69) is 30.7 Å². The van der Waals surface area contributed by atoms with Gasteiger partial charge in [0.1, 0.15) is 0 Å². The van der Waals surface area contributed by atoms with Gasteiger partial charge in [0.2, 0.25) is 0 Å².